The fourth-order valence-electron chi connectivity index (χ4n) is 1.62. The van der Waals surface area contributed by atoms with Gasteiger partial charge in [0, 0.05) is 17.2 Å². The molecule has 1 aromatic carbocycles. The molecule has 1 aromatic rings. The van der Waals surface area contributed by atoms with Gasteiger partial charge in [0.25, 0.3) is 0 Å². The van der Waals surface area contributed by atoms with Crippen LogP contribution in [0, 0.1) is 0 Å². The maximum atomic E-state index is 7.53. The lowest BCUT2D eigenvalue weighted by Crippen LogP contribution is -2.41. The predicted molar refractivity (Wildman–Crippen MR) is 65.7 cm³/mol. The van der Waals surface area contributed by atoms with Gasteiger partial charge in [-0.25, -0.2) is 0 Å². The minimum Gasteiger partial charge on any atom is -0.490 e. The first-order valence-electron chi connectivity index (χ1n) is 8.03. The summed E-state index contributed by atoms with van der Waals surface area (Å²) in [5.41, 5.74) is 0. The smallest absolute Gasteiger partial charge is 0.161 e. The van der Waals surface area contributed by atoms with Crippen LogP contribution in [0.15, 0.2) is 24.3 Å². The minimum atomic E-state index is -2.89. The van der Waals surface area contributed by atoms with Crippen molar-refractivity contribution in [1.29, 1.82) is 0 Å². The lowest BCUT2D eigenvalue weighted by atomic mass is 10.3. The van der Waals surface area contributed by atoms with Gasteiger partial charge in [-0.15, -0.1) is 0 Å². The third-order valence-corrected chi connectivity index (χ3v) is 2.44. The molecule has 0 bridgehead atoms. The summed E-state index contributed by atoms with van der Waals surface area (Å²) in [6.45, 7) is -3.35. The molecule has 1 aliphatic heterocycles. The van der Waals surface area contributed by atoms with E-state index in [2.05, 4.69) is 5.32 Å². The third-order valence-electron chi connectivity index (χ3n) is 2.44. The molecule has 17 heavy (non-hydrogen) atoms. The Hall–Kier alpha value is -1.26. The van der Waals surface area contributed by atoms with E-state index in [0.717, 1.165) is 6.54 Å². The standard InChI is InChI=1S/C13H19NO3/c1-2-15-12-5-3-4-6-13(12)17-10-11-9-14-7-8-16-11/h3-6,11,14H,2,7-10H2,1H3/t11-/m0/s1/i1D3,2D2. The number of hydrogen-bond acceptors (Lipinski definition) is 4. The first kappa shape index (κ1) is 7.24. The van der Waals surface area contributed by atoms with Crippen LogP contribution in [-0.4, -0.2) is 39.0 Å². The highest BCUT2D eigenvalue weighted by atomic mass is 16.5. The van der Waals surface area contributed by atoms with E-state index < -0.39 is 13.4 Å². The molecule has 1 atom stereocenters. The van der Waals surface area contributed by atoms with Crippen molar-refractivity contribution in [3.05, 3.63) is 24.3 Å². The number of benzene rings is 1. The number of hydrogen-bond donors (Lipinski definition) is 1. The second-order valence-electron chi connectivity index (χ2n) is 3.66. The first-order valence-corrected chi connectivity index (χ1v) is 5.53. The fraction of sp³-hybridized carbons (Fsp3) is 0.538. The third kappa shape index (κ3) is 3.61. The van der Waals surface area contributed by atoms with Crippen LogP contribution in [0.1, 0.15) is 13.7 Å². The molecule has 1 heterocycles. The molecule has 0 aromatic heterocycles. The molecule has 1 N–H and O–H groups in total. The minimum absolute atomic E-state index is 0.0485. The number of para-hydroxylation sites is 2. The van der Waals surface area contributed by atoms with E-state index in [1.165, 1.54) is 6.07 Å². The monoisotopic (exact) mass is 242 g/mol. The lowest BCUT2D eigenvalue weighted by molar-refractivity contribution is -0.000350. The molecule has 4 heteroatoms. The average Bonchev–Trinajstić information content (AvgIpc) is 2.46. The first-order chi connectivity index (χ1) is 10.3. The Balaban J connectivity index is 2.03. The normalized spacial score (nSPS) is 25.9. The maximum absolute atomic E-state index is 7.53. The van der Waals surface area contributed by atoms with Crippen molar-refractivity contribution < 1.29 is 21.1 Å². The van der Waals surface area contributed by atoms with Crippen LogP contribution in [0.4, 0.5) is 0 Å². The van der Waals surface area contributed by atoms with E-state index in [1.54, 1.807) is 18.2 Å². The molecule has 0 spiro atoms. The Labute approximate surface area is 109 Å². The highest BCUT2D eigenvalue weighted by Gasteiger charge is 2.14. The molecule has 0 unspecified atom stereocenters. The molecule has 1 saturated heterocycles. The largest absolute Gasteiger partial charge is 0.490 e. The average molecular weight is 242 g/mol. The Morgan fingerprint density at radius 3 is 3.00 bits per heavy atom. The van der Waals surface area contributed by atoms with Gasteiger partial charge in [0.1, 0.15) is 12.7 Å². The maximum Gasteiger partial charge on any atom is 0.161 e. The van der Waals surface area contributed by atoms with Crippen molar-refractivity contribution in [2.24, 2.45) is 0 Å². The number of morpholine rings is 1. The zero-order chi connectivity index (χ0) is 16.2. The molecule has 0 amide bonds. The van der Waals surface area contributed by atoms with Gasteiger partial charge in [0.2, 0.25) is 0 Å². The molecule has 0 radical (unpaired) electrons. The van der Waals surface area contributed by atoms with Crippen molar-refractivity contribution in [3.8, 4) is 11.5 Å². The van der Waals surface area contributed by atoms with Crippen molar-refractivity contribution in [2.45, 2.75) is 13.0 Å². The summed E-state index contributed by atoms with van der Waals surface area (Å²) in [4.78, 5) is 0. The van der Waals surface area contributed by atoms with Crippen molar-refractivity contribution in [1.82, 2.24) is 5.32 Å². The molecule has 0 saturated carbocycles. The highest BCUT2D eigenvalue weighted by molar-refractivity contribution is 5.39. The summed E-state index contributed by atoms with van der Waals surface area (Å²) in [7, 11) is 0. The van der Waals surface area contributed by atoms with E-state index in [-0.39, 0.29) is 24.2 Å². The summed E-state index contributed by atoms with van der Waals surface area (Å²) in [5, 5.41) is 3.17. The number of rotatable bonds is 5. The molecule has 1 aliphatic rings. The second kappa shape index (κ2) is 6.47. The fourth-order valence-corrected chi connectivity index (χ4v) is 1.62. The molecular weight excluding hydrogens is 218 g/mol. The predicted octanol–water partition coefficient (Wildman–Crippen LogP) is 1.45. The van der Waals surface area contributed by atoms with Gasteiger partial charge in [0.15, 0.2) is 11.5 Å². The molecular formula is C13H19NO3. The summed E-state index contributed by atoms with van der Waals surface area (Å²) in [6.07, 6.45) is -0.110. The Kier molecular flexibility index (Phi) is 2.75. The van der Waals surface area contributed by atoms with Gasteiger partial charge in [-0.05, 0) is 19.0 Å². The van der Waals surface area contributed by atoms with Crippen molar-refractivity contribution in [3.63, 3.8) is 0 Å². The SMILES string of the molecule is [2H]C([2H])([2H])C([2H])([2H])Oc1ccccc1OC[C@@H]1CNCCO1. The molecule has 4 nitrogen and oxygen atoms in total. The van der Waals surface area contributed by atoms with E-state index in [1.807, 2.05) is 0 Å². The molecule has 0 aliphatic carbocycles. The molecule has 1 fully saturated rings. The van der Waals surface area contributed by atoms with Crippen LogP contribution >= 0.6 is 0 Å². The van der Waals surface area contributed by atoms with Gasteiger partial charge in [-0.3, -0.25) is 0 Å². The van der Waals surface area contributed by atoms with Crippen LogP contribution < -0.4 is 14.8 Å². The summed E-state index contributed by atoms with van der Waals surface area (Å²) in [6, 6.07) is 6.39. The van der Waals surface area contributed by atoms with Crippen LogP contribution in [-0.2, 0) is 4.74 Å². The van der Waals surface area contributed by atoms with E-state index >= 15 is 0 Å². The highest BCUT2D eigenvalue weighted by Crippen LogP contribution is 2.26. The van der Waals surface area contributed by atoms with E-state index in [4.69, 9.17) is 21.1 Å². The van der Waals surface area contributed by atoms with Crippen LogP contribution in [0.2, 0.25) is 0 Å². The Morgan fingerprint density at radius 2 is 2.29 bits per heavy atom. The van der Waals surface area contributed by atoms with Gasteiger partial charge in [-0.2, -0.15) is 0 Å². The Morgan fingerprint density at radius 1 is 1.47 bits per heavy atom. The van der Waals surface area contributed by atoms with Crippen molar-refractivity contribution in [2.75, 3.05) is 32.9 Å². The lowest BCUT2D eigenvalue weighted by Gasteiger charge is -2.24. The summed E-state index contributed by atoms with van der Waals surface area (Å²) in [5.74, 6) is 0.331. The van der Waals surface area contributed by atoms with E-state index in [9.17, 15) is 0 Å². The summed E-state index contributed by atoms with van der Waals surface area (Å²) >= 11 is 0. The van der Waals surface area contributed by atoms with E-state index in [0.29, 0.717) is 13.2 Å². The number of ether oxygens (including phenoxy) is 3. The molecule has 2 rings (SSSR count). The second-order valence-corrected chi connectivity index (χ2v) is 3.66. The van der Waals surface area contributed by atoms with Crippen molar-refractivity contribution >= 4 is 0 Å². The zero-order valence-electron chi connectivity index (χ0n) is 14.4. The number of nitrogens with one attached hydrogen (secondary N) is 1. The van der Waals surface area contributed by atoms with Gasteiger partial charge < -0.3 is 19.5 Å². The zero-order valence-corrected chi connectivity index (χ0v) is 9.44. The van der Waals surface area contributed by atoms with Gasteiger partial charge in [0.05, 0.1) is 15.9 Å². The van der Waals surface area contributed by atoms with Crippen LogP contribution in [0.25, 0.3) is 0 Å². The molecule has 94 valence electrons. The van der Waals surface area contributed by atoms with Crippen LogP contribution in [0.3, 0.4) is 0 Å². The quantitative estimate of drug-likeness (QED) is 0.848. The van der Waals surface area contributed by atoms with Crippen LogP contribution in [0.5, 0.6) is 11.5 Å². The summed E-state index contributed by atoms with van der Waals surface area (Å²) < 4.78 is 52.7. The Bertz CT molecular complexity index is 489. The topological polar surface area (TPSA) is 39.7 Å². The van der Waals surface area contributed by atoms with Gasteiger partial charge >= 0.3 is 0 Å². The van der Waals surface area contributed by atoms with Gasteiger partial charge in [-0.1, -0.05) is 12.1 Å².